The van der Waals surface area contributed by atoms with E-state index in [4.69, 9.17) is 22.1 Å². The van der Waals surface area contributed by atoms with E-state index in [1.54, 1.807) is 12.1 Å². The maximum absolute atomic E-state index is 11.7. The molecule has 0 aliphatic heterocycles. The molecule has 118 valence electrons. The summed E-state index contributed by atoms with van der Waals surface area (Å²) in [5.41, 5.74) is 6.67. The molecule has 0 aromatic heterocycles. The van der Waals surface area contributed by atoms with Crippen LogP contribution in [0.15, 0.2) is 18.2 Å². The molecule has 21 heavy (non-hydrogen) atoms. The van der Waals surface area contributed by atoms with Gasteiger partial charge in [-0.15, -0.1) is 0 Å². The molecule has 1 atom stereocenters. The summed E-state index contributed by atoms with van der Waals surface area (Å²) < 4.78 is 5.59. The number of halogens is 1. The number of hydrogen-bond acceptors (Lipinski definition) is 3. The molecule has 1 amide bonds. The summed E-state index contributed by atoms with van der Waals surface area (Å²) in [6.45, 7) is 6.81. The van der Waals surface area contributed by atoms with E-state index in [1.807, 2.05) is 13.0 Å². The van der Waals surface area contributed by atoms with Crippen molar-refractivity contribution in [3.8, 4) is 5.75 Å². The summed E-state index contributed by atoms with van der Waals surface area (Å²) in [6.07, 6.45) is 1.57. The van der Waals surface area contributed by atoms with Gasteiger partial charge in [-0.2, -0.15) is 0 Å². The van der Waals surface area contributed by atoms with Crippen molar-refractivity contribution >= 4 is 17.5 Å². The first kappa shape index (κ1) is 17.8. The van der Waals surface area contributed by atoms with E-state index in [-0.39, 0.29) is 18.6 Å². The molecule has 0 bridgehead atoms. The van der Waals surface area contributed by atoms with E-state index < -0.39 is 0 Å². The number of rotatable bonds is 8. The van der Waals surface area contributed by atoms with Crippen LogP contribution in [0, 0.1) is 5.92 Å². The third-order valence-corrected chi connectivity index (χ3v) is 3.36. The molecule has 0 aliphatic rings. The second kappa shape index (κ2) is 8.90. The van der Waals surface area contributed by atoms with Gasteiger partial charge in [0, 0.05) is 23.2 Å². The molecule has 0 heterocycles. The Morgan fingerprint density at radius 3 is 2.71 bits per heavy atom. The van der Waals surface area contributed by atoms with E-state index in [2.05, 4.69) is 19.2 Å². The minimum absolute atomic E-state index is 0.00953. The summed E-state index contributed by atoms with van der Waals surface area (Å²) in [7, 11) is 0. The van der Waals surface area contributed by atoms with Crippen LogP contribution < -0.4 is 15.8 Å². The van der Waals surface area contributed by atoms with E-state index in [0.717, 1.165) is 12.0 Å². The predicted molar refractivity (Wildman–Crippen MR) is 86.8 cm³/mol. The molecule has 0 fully saturated rings. The Balaban J connectivity index is 2.54. The Morgan fingerprint density at radius 2 is 2.10 bits per heavy atom. The van der Waals surface area contributed by atoms with Crippen molar-refractivity contribution < 1.29 is 9.53 Å². The van der Waals surface area contributed by atoms with Crippen LogP contribution in [0.3, 0.4) is 0 Å². The van der Waals surface area contributed by atoms with Crippen LogP contribution in [-0.2, 0) is 11.2 Å². The number of carbonyl (C=O) groups is 1. The van der Waals surface area contributed by atoms with Gasteiger partial charge in [-0.3, -0.25) is 4.79 Å². The normalized spacial score (nSPS) is 12.3. The fraction of sp³-hybridized carbons (Fsp3) is 0.562. The first-order valence-corrected chi connectivity index (χ1v) is 7.70. The van der Waals surface area contributed by atoms with Gasteiger partial charge in [-0.05, 0) is 37.8 Å². The number of carbonyl (C=O) groups excluding carboxylic acids is 1. The molecule has 1 aromatic rings. The van der Waals surface area contributed by atoms with Gasteiger partial charge >= 0.3 is 0 Å². The molecule has 1 rings (SSSR count). The molecular weight excluding hydrogens is 288 g/mol. The minimum atomic E-state index is -0.123. The highest BCUT2D eigenvalue weighted by molar-refractivity contribution is 6.31. The van der Waals surface area contributed by atoms with Gasteiger partial charge in [0.15, 0.2) is 6.61 Å². The zero-order valence-corrected chi connectivity index (χ0v) is 13.7. The molecule has 5 heteroatoms. The molecule has 1 aromatic carbocycles. The van der Waals surface area contributed by atoms with Gasteiger partial charge in [0.25, 0.3) is 5.91 Å². The average molecular weight is 313 g/mol. The van der Waals surface area contributed by atoms with Crippen molar-refractivity contribution in [1.82, 2.24) is 5.32 Å². The largest absolute Gasteiger partial charge is 0.483 e. The molecule has 0 spiro atoms. The quantitative estimate of drug-likeness (QED) is 0.776. The lowest BCUT2D eigenvalue weighted by Gasteiger charge is -2.14. The van der Waals surface area contributed by atoms with Crippen LogP contribution in [0.1, 0.15) is 32.8 Å². The first-order valence-electron chi connectivity index (χ1n) is 7.32. The zero-order valence-electron chi connectivity index (χ0n) is 13.0. The van der Waals surface area contributed by atoms with E-state index >= 15 is 0 Å². The van der Waals surface area contributed by atoms with Gasteiger partial charge in [0.05, 0.1) is 0 Å². The fourth-order valence-corrected chi connectivity index (χ4v) is 2.13. The molecule has 0 saturated carbocycles. The Bertz CT molecular complexity index is 462. The third-order valence-electron chi connectivity index (χ3n) is 3.00. The molecule has 0 saturated heterocycles. The van der Waals surface area contributed by atoms with Crippen LogP contribution in [0.25, 0.3) is 0 Å². The van der Waals surface area contributed by atoms with Crippen LogP contribution in [0.5, 0.6) is 5.75 Å². The number of benzene rings is 1. The smallest absolute Gasteiger partial charge is 0.257 e. The first-order chi connectivity index (χ1) is 9.90. The Kier molecular flexibility index (Phi) is 7.54. The maximum Gasteiger partial charge on any atom is 0.257 e. The summed E-state index contributed by atoms with van der Waals surface area (Å²) >= 11 is 6.17. The van der Waals surface area contributed by atoms with E-state index in [1.165, 1.54) is 0 Å². The molecular formula is C16H25ClN2O2. The summed E-state index contributed by atoms with van der Waals surface area (Å²) in [6, 6.07) is 5.39. The summed E-state index contributed by atoms with van der Waals surface area (Å²) in [5, 5.41) is 3.45. The lowest BCUT2D eigenvalue weighted by atomic mass is 10.1. The number of nitrogens with one attached hydrogen (secondary N) is 1. The molecule has 0 aliphatic carbocycles. The average Bonchev–Trinajstić information content (AvgIpc) is 2.38. The Hall–Kier alpha value is -1.26. The van der Waals surface area contributed by atoms with E-state index in [9.17, 15) is 4.79 Å². The highest BCUT2D eigenvalue weighted by atomic mass is 35.5. The van der Waals surface area contributed by atoms with Crippen molar-refractivity contribution in [2.24, 2.45) is 11.7 Å². The second-order valence-corrected chi connectivity index (χ2v) is 6.13. The van der Waals surface area contributed by atoms with Gasteiger partial charge in [0.2, 0.25) is 0 Å². The Labute approximate surface area is 132 Å². The van der Waals surface area contributed by atoms with Crippen LogP contribution in [0.2, 0.25) is 5.02 Å². The predicted octanol–water partition coefficient (Wildman–Crippen LogP) is 2.77. The van der Waals surface area contributed by atoms with Gasteiger partial charge in [0.1, 0.15) is 5.75 Å². The van der Waals surface area contributed by atoms with Gasteiger partial charge in [-0.25, -0.2) is 0 Å². The number of amides is 1. The van der Waals surface area contributed by atoms with Crippen LogP contribution >= 0.6 is 11.6 Å². The lowest BCUT2D eigenvalue weighted by molar-refractivity contribution is -0.123. The number of hydrogen-bond donors (Lipinski definition) is 2. The zero-order chi connectivity index (χ0) is 15.8. The summed E-state index contributed by atoms with van der Waals surface area (Å²) in [5.74, 6) is 1.07. The summed E-state index contributed by atoms with van der Waals surface area (Å²) in [4.78, 5) is 11.7. The minimum Gasteiger partial charge on any atom is -0.483 e. The van der Waals surface area contributed by atoms with E-state index in [0.29, 0.717) is 29.7 Å². The van der Waals surface area contributed by atoms with Crippen LogP contribution in [-0.4, -0.2) is 25.1 Å². The highest BCUT2D eigenvalue weighted by Gasteiger charge is 2.12. The van der Waals surface area contributed by atoms with Crippen molar-refractivity contribution in [2.75, 3.05) is 13.2 Å². The van der Waals surface area contributed by atoms with Crippen molar-refractivity contribution in [1.29, 1.82) is 0 Å². The standard InChI is InChI=1S/C16H25ClN2O2/c1-11(2)7-8-19-16(20)10-21-15-6-4-5-14(17)13(15)9-12(3)18/h4-6,11-12H,7-10,18H2,1-3H3,(H,19,20). The lowest BCUT2D eigenvalue weighted by Crippen LogP contribution is -2.30. The van der Waals surface area contributed by atoms with Crippen molar-refractivity contribution in [3.63, 3.8) is 0 Å². The SMILES string of the molecule is CC(C)CCNC(=O)COc1cccc(Cl)c1CC(C)N. The highest BCUT2D eigenvalue weighted by Crippen LogP contribution is 2.27. The fourth-order valence-electron chi connectivity index (χ4n) is 1.89. The molecule has 3 N–H and O–H groups in total. The van der Waals surface area contributed by atoms with Gasteiger partial charge in [-0.1, -0.05) is 31.5 Å². The second-order valence-electron chi connectivity index (χ2n) is 5.72. The monoisotopic (exact) mass is 312 g/mol. The maximum atomic E-state index is 11.7. The molecule has 0 radical (unpaired) electrons. The molecule has 4 nitrogen and oxygen atoms in total. The van der Waals surface area contributed by atoms with Gasteiger partial charge < -0.3 is 15.8 Å². The van der Waals surface area contributed by atoms with Crippen molar-refractivity contribution in [2.45, 2.75) is 39.7 Å². The van der Waals surface area contributed by atoms with Crippen LogP contribution in [0.4, 0.5) is 0 Å². The number of ether oxygens (including phenoxy) is 1. The molecule has 1 unspecified atom stereocenters. The van der Waals surface area contributed by atoms with Crippen molar-refractivity contribution in [3.05, 3.63) is 28.8 Å². The Morgan fingerprint density at radius 1 is 1.38 bits per heavy atom. The third kappa shape index (κ3) is 6.82. The topological polar surface area (TPSA) is 64.3 Å². The number of nitrogens with two attached hydrogens (primary N) is 1.